The number of halogens is 2. The zero-order valence-corrected chi connectivity index (χ0v) is 14.1. The van der Waals surface area contributed by atoms with E-state index in [1.807, 2.05) is 19.1 Å². The number of nitrogens with one attached hydrogen (secondary N) is 1. The Morgan fingerprint density at radius 3 is 2.48 bits per heavy atom. The SMILES string of the molecule is Cc1ccc(NC(=O)c2ccc(Br)c([N+](=O)[O-])c2)c(Br)c1. The van der Waals surface area contributed by atoms with Gasteiger partial charge in [-0.1, -0.05) is 6.07 Å². The number of benzene rings is 2. The number of carbonyl (C=O) groups is 1. The van der Waals surface area contributed by atoms with Gasteiger partial charge in [0.15, 0.2) is 0 Å². The fourth-order valence-corrected chi connectivity index (χ4v) is 2.69. The molecule has 7 heteroatoms. The van der Waals surface area contributed by atoms with E-state index < -0.39 is 10.8 Å². The third-order valence-corrected chi connectivity index (χ3v) is 4.10. The minimum absolute atomic E-state index is 0.148. The molecular formula is C14H10Br2N2O3. The molecule has 0 aliphatic rings. The maximum Gasteiger partial charge on any atom is 0.284 e. The second kappa shape index (κ2) is 6.36. The molecular weight excluding hydrogens is 404 g/mol. The van der Waals surface area contributed by atoms with Crippen LogP contribution in [-0.4, -0.2) is 10.8 Å². The summed E-state index contributed by atoms with van der Waals surface area (Å²) in [5, 5.41) is 13.6. The number of anilines is 1. The highest BCUT2D eigenvalue weighted by Crippen LogP contribution is 2.27. The lowest BCUT2D eigenvalue weighted by atomic mass is 10.1. The molecule has 0 aliphatic heterocycles. The van der Waals surface area contributed by atoms with Crippen molar-refractivity contribution in [3.63, 3.8) is 0 Å². The molecule has 0 atom stereocenters. The number of hydrogen-bond acceptors (Lipinski definition) is 3. The van der Waals surface area contributed by atoms with Crippen molar-refractivity contribution < 1.29 is 9.72 Å². The van der Waals surface area contributed by atoms with E-state index >= 15 is 0 Å². The largest absolute Gasteiger partial charge is 0.321 e. The van der Waals surface area contributed by atoms with E-state index in [0.717, 1.165) is 10.0 Å². The summed E-state index contributed by atoms with van der Waals surface area (Å²) in [7, 11) is 0. The van der Waals surface area contributed by atoms with Crippen LogP contribution in [0.2, 0.25) is 0 Å². The first kappa shape index (κ1) is 15.7. The van der Waals surface area contributed by atoms with E-state index in [-0.39, 0.29) is 11.3 Å². The predicted molar refractivity (Wildman–Crippen MR) is 87.6 cm³/mol. The van der Waals surface area contributed by atoms with Crippen molar-refractivity contribution >= 4 is 49.1 Å². The normalized spacial score (nSPS) is 10.2. The van der Waals surface area contributed by atoms with Crippen molar-refractivity contribution in [3.8, 4) is 0 Å². The number of nitro benzene ring substituents is 1. The Balaban J connectivity index is 2.28. The van der Waals surface area contributed by atoms with Crippen LogP contribution in [0.1, 0.15) is 15.9 Å². The lowest BCUT2D eigenvalue weighted by Gasteiger charge is -2.08. The smallest absolute Gasteiger partial charge is 0.284 e. The first-order valence-corrected chi connectivity index (χ1v) is 7.48. The Labute approximate surface area is 137 Å². The molecule has 0 aromatic heterocycles. The lowest BCUT2D eigenvalue weighted by Crippen LogP contribution is -2.12. The van der Waals surface area contributed by atoms with Crippen molar-refractivity contribution in [2.75, 3.05) is 5.32 Å². The molecule has 108 valence electrons. The molecule has 0 unspecified atom stereocenters. The average Bonchev–Trinajstić information content (AvgIpc) is 2.42. The Bertz CT molecular complexity index is 732. The van der Waals surface area contributed by atoms with Gasteiger partial charge in [0.25, 0.3) is 11.6 Å². The number of nitro groups is 1. The number of carbonyl (C=O) groups excluding carboxylic acids is 1. The molecule has 0 fully saturated rings. The van der Waals surface area contributed by atoms with E-state index in [2.05, 4.69) is 37.2 Å². The molecule has 0 spiro atoms. The summed E-state index contributed by atoms with van der Waals surface area (Å²) in [6.45, 7) is 1.94. The molecule has 2 rings (SSSR count). The van der Waals surface area contributed by atoms with Gasteiger partial charge in [0.05, 0.1) is 15.1 Å². The first-order chi connectivity index (χ1) is 9.88. The second-order valence-electron chi connectivity index (χ2n) is 4.36. The molecule has 0 bridgehead atoms. The highest BCUT2D eigenvalue weighted by atomic mass is 79.9. The van der Waals surface area contributed by atoms with Crippen LogP contribution in [0, 0.1) is 17.0 Å². The molecule has 0 saturated carbocycles. The fraction of sp³-hybridized carbons (Fsp3) is 0.0714. The average molecular weight is 414 g/mol. The van der Waals surface area contributed by atoms with Gasteiger partial charge in [-0.25, -0.2) is 0 Å². The van der Waals surface area contributed by atoms with Gasteiger partial charge in [-0.15, -0.1) is 0 Å². The summed E-state index contributed by atoms with van der Waals surface area (Å²) in [6, 6.07) is 9.75. The highest BCUT2D eigenvalue weighted by Gasteiger charge is 2.16. The van der Waals surface area contributed by atoms with Crippen molar-refractivity contribution in [1.29, 1.82) is 0 Å². The van der Waals surface area contributed by atoms with Gasteiger partial charge >= 0.3 is 0 Å². The molecule has 2 aromatic rings. The third-order valence-electron chi connectivity index (χ3n) is 2.78. The molecule has 1 N–H and O–H groups in total. The highest BCUT2D eigenvalue weighted by molar-refractivity contribution is 9.11. The maximum atomic E-state index is 12.2. The van der Waals surface area contributed by atoms with Crippen molar-refractivity contribution in [2.24, 2.45) is 0 Å². The van der Waals surface area contributed by atoms with Gasteiger partial charge in [-0.3, -0.25) is 14.9 Å². The molecule has 0 heterocycles. The number of amides is 1. The Morgan fingerprint density at radius 2 is 1.86 bits per heavy atom. The van der Waals surface area contributed by atoms with Crippen LogP contribution in [-0.2, 0) is 0 Å². The summed E-state index contributed by atoms with van der Waals surface area (Å²) in [5.74, 6) is -0.407. The maximum absolute atomic E-state index is 12.2. The van der Waals surface area contributed by atoms with Crippen LogP contribution in [0.4, 0.5) is 11.4 Å². The Hall–Kier alpha value is -1.73. The number of aryl methyl sites for hydroxylation is 1. The molecule has 1 amide bonds. The monoisotopic (exact) mass is 412 g/mol. The zero-order valence-electron chi connectivity index (χ0n) is 10.9. The van der Waals surface area contributed by atoms with Crippen molar-refractivity contribution in [1.82, 2.24) is 0 Å². The van der Waals surface area contributed by atoms with Crippen LogP contribution in [0.15, 0.2) is 45.3 Å². The summed E-state index contributed by atoms with van der Waals surface area (Å²) in [6.07, 6.45) is 0. The molecule has 0 aliphatic carbocycles. The van der Waals surface area contributed by atoms with Crippen LogP contribution in [0.3, 0.4) is 0 Å². The Kier molecular flexibility index (Phi) is 4.74. The number of hydrogen-bond donors (Lipinski definition) is 1. The minimum atomic E-state index is -0.539. The second-order valence-corrected chi connectivity index (χ2v) is 6.07. The van der Waals surface area contributed by atoms with E-state index in [4.69, 9.17) is 0 Å². The summed E-state index contributed by atoms with van der Waals surface area (Å²) in [4.78, 5) is 22.5. The molecule has 21 heavy (non-hydrogen) atoms. The molecule has 2 aromatic carbocycles. The van der Waals surface area contributed by atoms with Crippen molar-refractivity contribution in [3.05, 3.63) is 66.6 Å². The van der Waals surface area contributed by atoms with Crippen LogP contribution >= 0.6 is 31.9 Å². The van der Waals surface area contributed by atoms with Crippen LogP contribution < -0.4 is 5.32 Å². The van der Waals surface area contributed by atoms with Gasteiger partial charge in [-0.05, 0) is 68.6 Å². The van der Waals surface area contributed by atoms with E-state index in [1.54, 1.807) is 6.07 Å². The summed E-state index contributed by atoms with van der Waals surface area (Å²) >= 11 is 6.45. The van der Waals surface area contributed by atoms with E-state index in [9.17, 15) is 14.9 Å². The van der Waals surface area contributed by atoms with Gasteiger partial charge in [0.2, 0.25) is 0 Å². The number of nitrogens with zero attached hydrogens (tertiary/aromatic N) is 1. The first-order valence-electron chi connectivity index (χ1n) is 5.90. The number of rotatable bonds is 3. The lowest BCUT2D eigenvalue weighted by molar-refractivity contribution is -0.385. The summed E-state index contributed by atoms with van der Waals surface area (Å²) < 4.78 is 1.09. The van der Waals surface area contributed by atoms with Gasteiger partial charge in [-0.2, -0.15) is 0 Å². The quantitative estimate of drug-likeness (QED) is 0.586. The third kappa shape index (κ3) is 3.68. The zero-order chi connectivity index (χ0) is 15.6. The molecule has 5 nitrogen and oxygen atoms in total. The fourth-order valence-electron chi connectivity index (χ4n) is 1.71. The van der Waals surface area contributed by atoms with Crippen LogP contribution in [0.5, 0.6) is 0 Å². The standard InChI is InChI=1S/C14H10Br2N2O3/c1-8-2-5-12(11(16)6-8)17-14(19)9-3-4-10(15)13(7-9)18(20)21/h2-7H,1H3,(H,17,19). The van der Waals surface area contributed by atoms with Gasteiger partial charge in [0.1, 0.15) is 0 Å². The van der Waals surface area contributed by atoms with Gasteiger partial charge < -0.3 is 5.32 Å². The molecule has 0 radical (unpaired) electrons. The van der Waals surface area contributed by atoms with Gasteiger partial charge in [0, 0.05) is 16.1 Å². The van der Waals surface area contributed by atoms with E-state index in [1.165, 1.54) is 18.2 Å². The topological polar surface area (TPSA) is 72.2 Å². The summed E-state index contributed by atoms with van der Waals surface area (Å²) in [5.41, 5.74) is 1.73. The molecule has 0 saturated heterocycles. The predicted octanol–water partition coefficient (Wildman–Crippen LogP) is 4.68. The van der Waals surface area contributed by atoms with Crippen molar-refractivity contribution in [2.45, 2.75) is 6.92 Å². The Morgan fingerprint density at radius 1 is 1.14 bits per heavy atom. The van der Waals surface area contributed by atoms with E-state index in [0.29, 0.717) is 10.2 Å². The van der Waals surface area contributed by atoms with Crippen LogP contribution in [0.25, 0.3) is 0 Å². The minimum Gasteiger partial charge on any atom is -0.321 e.